The van der Waals surface area contributed by atoms with E-state index in [0.717, 1.165) is 25.7 Å². The van der Waals surface area contributed by atoms with Gasteiger partial charge in [0.05, 0.1) is 6.07 Å². The van der Waals surface area contributed by atoms with Gasteiger partial charge in [0.2, 0.25) is 0 Å². The van der Waals surface area contributed by atoms with Gasteiger partial charge in [-0.2, -0.15) is 5.26 Å². The number of nitrogens with zero attached hydrogens (tertiary/aromatic N) is 1. The summed E-state index contributed by atoms with van der Waals surface area (Å²) in [6.07, 6.45) is 6.27. The molecule has 1 aromatic rings. The van der Waals surface area contributed by atoms with Gasteiger partial charge in [0.25, 0.3) is 0 Å². The summed E-state index contributed by atoms with van der Waals surface area (Å²) in [4.78, 5) is 12.5. The fourth-order valence-corrected chi connectivity index (χ4v) is 2.76. The SMILES string of the molecule is N#CC(C(=O)C1CCCCCC1)c1ccc(F)cc1. The van der Waals surface area contributed by atoms with Crippen molar-refractivity contribution in [2.45, 2.75) is 44.4 Å². The maximum absolute atomic E-state index is 12.9. The molecule has 1 aromatic carbocycles. The van der Waals surface area contributed by atoms with E-state index in [4.69, 9.17) is 0 Å². The lowest BCUT2D eigenvalue weighted by Gasteiger charge is -2.16. The third-order valence-corrected chi connectivity index (χ3v) is 3.87. The molecular weight excluding hydrogens is 241 g/mol. The number of carbonyl (C=O) groups is 1. The van der Waals surface area contributed by atoms with E-state index in [1.165, 1.54) is 37.1 Å². The molecule has 2 nitrogen and oxygen atoms in total. The van der Waals surface area contributed by atoms with Gasteiger partial charge in [-0.1, -0.05) is 37.8 Å². The molecule has 1 fully saturated rings. The molecule has 0 heterocycles. The monoisotopic (exact) mass is 259 g/mol. The smallest absolute Gasteiger partial charge is 0.157 e. The van der Waals surface area contributed by atoms with Crippen LogP contribution in [0.2, 0.25) is 0 Å². The fourth-order valence-electron chi connectivity index (χ4n) is 2.76. The molecule has 1 unspecified atom stereocenters. The van der Waals surface area contributed by atoms with Crippen molar-refractivity contribution >= 4 is 5.78 Å². The van der Waals surface area contributed by atoms with E-state index >= 15 is 0 Å². The van der Waals surface area contributed by atoms with Crippen LogP contribution in [0.4, 0.5) is 4.39 Å². The lowest BCUT2D eigenvalue weighted by Crippen LogP contribution is -2.21. The van der Waals surface area contributed by atoms with Gasteiger partial charge in [0, 0.05) is 5.92 Å². The van der Waals surface area contributed by atoms with Crippen LogP contribution in [0.3, 0.4) is 0 Å². The zero-order valence-electron chi connectivity index (χ0n) is 10.9. The fraction of sp³-hybridized carbons (Fsp3) is 0.500. The van der Waals surface area contributed by atoms with Gasteiger partial charge in [-0.15, -0.1) is 0 Å². The minimum Gasteiger partial charge on any atom is -0.298 e. The van der Waals surface area contributed by atoms with E-state index in [1.807, 2.05) is 0 Å². The van der Waals surface area contributed by atoms with Crippen molar-refractivity contribution in [2.75, 3.05) is 0 Å². The van der Waals surface area contributed by atoms with Gasteiger partial charge in [-0.3, -0.25) is 4.79 Å². The average molecular weight is 259 g/mol. The van der Waals surface area contributed by atoms with E-state index in [0.29, 0.717) is 5.56 Å². The Kier molecular flexibility index (Phi) is 4.68. The maximum Gasteiger partial charge on any atom is 0.157 e. The highest BCUT2D eigenvalue weighted by molar-refractivity contribution is 5.90. The molecule has 19 heavy (non-hydrogen) atoms. The molecule has 0 N–H and O–H groups in total. The zero-order chi connectivity index (χ0) is 13.7. The minimum absolute atomic E-state index is 0.00259. The van der Waals surface area contributed by atoms with Crippen LogP contribution in [-0.4, -0.2) is 5.78 Å². The van der Waals surface area contributed by atoms with Crippen molar-refractivity contribution in [1.29, 1.82) is 5.26 Å². The van der Waals surface area contributed by atoms with Crippen molar-refractivity contribution in [3.8, 4) is 6.07 Å². The Morgan fingerprint density at radius 2 is 1.74 bits per heavy atom. The van der Waals surface area contributed by atoms with Crippen LogP contribution in [0, 0.1) is 23.1 Å². The van der Waals surface area contributed by atoms with E-state index in [-0.39, 0.29) is 17.5 Å². The molecule has 1 aliphatic carbocycles. The Morgan fingerprint density at radius 1 is 1.16 bits per heavy atom. The van der Waals surface area contributed by atoms with Crippen molar-refractivity contribution in [3.63, 3.8) is 0 Å². The highest BCUT2D eigenvalue weighted by Gasteiger charge is 2.28. The third kappa shape index (κ3) is 3.41. The minimum atomic E-state index is -0.747. The lowest BCUT2D eigenvalue weighted by molar-refractivity contribution is -0.123. The second kappa shape index (κ2) is 6.47. The van der Waals surface area contributed by atoms with E-state index in [1.54, 1.807) is 0 Å². The van der Waals surface area contributed by atoms with Gasteiger partial charge in [0.1, 0.15) is 11.7 Å². The van der Waals surface area contributed by atoms with Crippen LogP contribution >= 0.6 is 0 Å². The first-order valence-electron chi connectivity index (χ1n) is 6.91. The molecule has 0 aromatic heterocycles. The molecule has 1 aliphatic rings. The third-order valence-electron chi connectivity index (χ3n) is 3.87. The van der Waals surface area contributed by atoms with Crippen LogP contribution in [0.1, 0.15) is 50.0 Å². The first-order chi connectivity index (χ1) is 9.22. The summed E-state index contributed by atoms with van der Waals surface area (Å²) in [5.74, 6) is -1.08. The normalized spacial score (nSPS) is 18.3. The number of Topliss-reactive ketones (excluding diaryl/α,β-unsaturated/α-hetero) is 1. The summed E-state index contributed by atoms with van der Waals surface area (Å²) in [7, 11) is 0. The predicted octanol–water partition coefficient (Wildman–Crippen LogP) is 3.97. The van der Waals surface area contributed by atoms with Gasteiger partial charge in [-0.05, 0) is 30.5 Å². The molecule has 0 saturated heterocycles. The van der Waals surface area contributed by atoms with Crippen LogP contribution in [0.25, 0.3) is 0 Å². The second-order valence-corrected chi connectivity index (χ2v) is 5.20. The molecule has 100 valence electrons. The van der Waals surface area contributed by atoms with Gasteiger partial charge in [0.15, 0.2) is 5.78 Å². The first kappa shape index (κ1) is 13.7. The van der Waals surface area contributed by atoms with Crippen LogP contribution < -0.4 is 0 Å². The quantitative estimate of drug-likeness (QED) is 0.770. The topological polar surface area (TPSA) is 40.9 Å². The standard InChI is InChI=1S/C16H18FNO/c17-14-9-7-12(8-10-14)15(11-18)16(19)13-5-3-1-2-4-6-13/h7-10,13,15H,1-6H2. The molecule has 3 heteroatoms. The summed E-state index contributed by atoms with van der Waals surface area (Å²) in [5.41, 5.74) is 0.609. The van der Waals surface area contributed by atoms with Gasteiger partial charge >= 0.3 is 0 Å². The summed E-state index contributed by atoms with van der Waals surface area (Å²) >= 11 is 0. The van der Waals surface area contributed by atoms with Crippen LogP contribution in [0.5, 0.6) is 0 Å². The molecule has 0 radical (unpaired) electrons. The van der Waals surface area contributed by atoms with Gasteiger partial charge in [-0.25, -0.2) is 4.39 Å². The van der Waals surface area contributed by atoms with E-state index < -0.39 is 5.92 Å². The van der Waals surface area contributed by atoms with Gasteiger partial charge < -0.3 is 0 Å². The lowest BCUT2D eigenvalue weighted by atomic mass is 9.84. The second-order valence-electron chi connectivity index (χ2n) is 5.20. The number of carbonyl (C=O) groups excluding carboxylic acids is 1. The molecule has 1 atom stereocenters. The number of benzene rings is 1. The Bertz CT molecular complexity index is 467. The largest absolute Gasteiger partial charge is 0.298 e. The molecule has 2 rings (SSSR count). The zero-order valence-corrected chi connectivity index (χ0v) is 10.9. The highest BCUT2D eigenvalue weighted by atomic mass is 19.1. The summed E-state index contributed by atoms with van der Waals surface area (Å²) in [6.45, 7) is 0. The number of hydrogen-bond donors (Lipinski definition) is 0. The molecule has 0 spiro atoms. The van der Waals surface area contributed by atoms with E-state index in [2.05, 4.69) is 6.07 Å². The Balaban J connectivity index is 2.14. The predicted molar refractivity (Wildman–Crippen MR) is 71.0 cm³/mol. The van der Waals surface area contributed by atoms with Crippen molar-refractivity contribution in [1.82, 2.24) is 0 Å². The number of nitriles is 1. The molecular formula is C16H18FNO. The number of rotatable bonds is 3. The maximum atomic E-state index is 12.9. The molecule has 0 amide bonds. The highest BCUT2D eigenvalue weighted by Crippen LogP contribution is 2.29. The Morgan fingerprint density at radius 3 is 2.26 bits per heavy atom. The van der Waals surface area contributed by atoms with Crippen molar-refractivity contribution < 1.29 is 9.18 Å². The van der Waals surface area contributed by atoms with E-state index in [9.17, 15) is 14.4 Å². The number of ketones is 1. The van der Waals surface area contributed by atoms with Crippen LogP contribution in [-0.2, 0) is 4.79 Å². The Hall–Kier alpha value is -1.69. The van der Waals surface area contributed by atoms with Crippen molar-refractivity contribution in [2.24, 2.45) is 5.92 Å². The molecule has 0 bridgehead atoms. The Labute approximate surface area is 113 Å². The number of hydrogen-bond acceptors (Lipinski definition) is 2. The van der Waals surface area contributed by atoms with Crippen LogP contribution in [0.15, 0.2) is 24.3 Å². The summed E-state index contributed by atoms with van der Waals surface area (Å²) in [5, 5.41) is 9.26. The first-order valence-corrected chi connectivity index (χ1v) is 6.91. The summed E-state index contributed by atoms with van der Waals surface area (Å²) in [6, 6.07) is 7.77. The summed E-state index contributed by atoms with van der Waals surface area (Å²) < 4.78 is 12.9. The van der Waals surface area contributed by atoms with Crippen molar-refractivity contribution in [3.05, 3.63) is 35.6 Å². The number of halogens is 1. The molecule has 0 aliphatic heterocycles. The average Bonchev–Trinajstić information content (AvgIpc) is 2.70. The molecule has 1 saturated carbocycles.